The number of nitrogens with zero attached hydrogens (tertiary/aromatic N) is 3. The molecule has 3 aliphatic heterocycles. The molecular weight excluding hydrogens is 451 g/mol. The summed E-state index contributed by atoms with van der Waals surface area (Å²) in [6.45, 7) is 7.85. The first kappa shape index (κ1) is 21.0. The molecule has 0 spiro atoms. The first-order chi connectivity index (χ1) is 11.6. The van der Waals surface area contributed by atoms with Gasteiger partial charge in [-0.2, -0.15) is 0 Å². The summed E-state index contributed by atoms with van der Waals surface area (Å²) in [4.78, 5) is 9.65. The van der Waals surface area contributed by atoms with E-state index < -0.39 is 9.84 Å². The van der Waals surface area contributed by atoms with Crippen molar-refractivity contribution >= 4 is 39.8 Å². The quantitative estimate of drug-likeness (QED) is 0.278. The number of rotatable bonds is 5. The largest absolute Gasteiger partial charge is 0.356 e. The lowest BCUT2D eigenvalue weighted by atomic mass is 10.1. The number of hydrogen-bond acceptors (Lipinski definition) is 4. The number of sulfone groups is 1. The van der Waals surface area contributed by atoms with Gasteiger partial charge in [-0.3, -0.25) is 9.89 Å². The Labute approximate surface area is 169 Å². The number of guanidine groups is 1. The van der Waals surface area contributed by atoms with Crippen molar-refractivity contribution < 1.29 is 8.42 Å². The van der Waals surface area contributed by atoms with Crippen LogP contribution in [-0.4, -0.2) is 81.0 Å². The molecule has 144 valence electrons. The summed E-state index contributed by atoms with van der Waals surface area (Å²) in [7, 11) is -2.82. The fourth-order valence-corrected chi connectivity index (χ4v) is 5.61. The van der Waals surface area contributed by atoms with Gasteiger partial charge in [-0.05, 0) is 25.2 Å². The standard InChI is InChI=1S/C17H30N4O2S.HI/c1-2-7-18-17(19-12-15-6-11-24(22,23)14-15)21-10-5-16(13-21)20-8-3-4-9-20;/h3-4,15-16H,2,5-14H2,1H3,(H,18,19);1H. The van der Waals surface area contributed by atoms with Gasteiger partial charge in [-0.15, -0.1) is 24.0 Å². The van der Waals surface area contributed by atoms with Gasteiger partial charge in [-0.25, -0.2) is 8.42 Å². The number of nitrogens with one attached hydrogen (secondary N) is 1. The van der Waals surface area contributed by atoms with E-state index in [-0.39, 0.29) is 29.9 Å². The molecule has 2 unspecified atom stereocenters. The zero-order valence-electron chi connectivity index (χ0n) is 15.1. The van der Waals surface area contributed by atoms with Gasteiger partial charge in [0.2, 0.25) is 0 Å². The molecule has 3 aliphatic rings. The molecule has 0 bridgehead atoms. The average molecular weight is 482 g/mol. The van der Waals surface area contributed by atoms with Crippen LogP contribution in [0.2, 0.25) is 0 Å². The van der Waals surface area contributed by atoms with E-state index in [0.717, 1.165) is 51.5 Å². The fraction of sp³-hybridized carbons (Fsp3) is 0.824. The molecule has 0 aromatic heterocycles. The highest BCUT2D eigenvalue weighted by Gasteiger charge is 2.31. The molecule has 3 heterocycles. The number of aliphatic imine (C=N–C) groups is 1. The normalized spacial score (nSPS) is 29.2. The van der Waals surface area contributed by atoms with Gasteiger partial charge >= 0.3 is 0 Å². The van der Waals surface area contributed by atoms with Crippen molar-refractivity contribution in [1.29, 1.82) is 0 Å². The molecule has 0 saturated carbocycles. The smallest absolute Gasteiger partial charge is 0.193 e. The Hall–Kier alpha value is -0.350. The van der Waals surface area contributed by atoms with Crippen molar-refractivity contribution in [2.75, 3.05) is 50.8 Å². The van der Waals surface area contributed by atoms with Crippen molar-refractivity contribution in [2.45, 2.75) is 32.2 Å². The Morgan fingerprint density at radius 1 is 1.28 bits per heavy atom. The molecule has 2 atom stereocenters. The SMILES string of the molecule is CCCNC(=NCC1CCS(=O)(=O)C1)N1CCC(N2CC=CC2)C1.I. The van der Waals surface area contributed by atoms with Gasteiger partial charge in [0.05, 0.1) is 11.5 Å². The Balaban J connectivity index is 0.00000225. The van der Waals surface area contributed by atoms with E-state index in [4.69, 9.17) is 4.99 Å². The molecule has 0 radical (unpaired) electrons. The number of likely N-dealkylation sites (tertiary alicyclic amines) is 1. The molecule has 0 aromatic carbocycles. The maximum absolute atomic E-state index is 11.6. The number of halogens is 1. The van der Waals surface area contributed by atoms with Gasteiger partial charge in [0.15, 0.2) is 15.8 Å². The highest BCUT2D eigenvalue weighted by Crippen LogP contribution is 2.20. The second-order valence-corrected chi connectivity index (χ2v) is 9.40. The summed E-state index contributed by atoms with van der Waals surface area (Å²) >= 11 is 0. The Morgan fingerprint density at radius 2 is 2.04 bits per heavy atom. The summed E-state index contributed by atoms with van der Waals surface area (Å²) in [5, 5.41) is 3.46. The lowest BCUT2D eigenvalue weighted by Gasteiger charge is -2.26. The lowest BCUT2D eigenvalue weighted by molar-refractivity contribution is 0.259. The molecule has 8 heteroatoms. The predicted molar refractivity (Wildman–Crippen MR) is 113 cm³/mol. The van der Waals surface area contributed by atoms with E-state index >= 15 is 0 Å². The van der Waals surface area contributed by atoms with Crippen LogP contribution >= 0.6 is 24.0 Å². The Bertz CT molecular complexity index is 585. The van der Waals surface area contributed by atoms with Crippen LogP contribution in [0.4, 0.5) is 0 Å². The summed E-state index contributed by atoms with van der Waals surface area (Å²) in [6, 6.07) is 0.598. The highest BCUT2D eigenvalue weighted by molar-refractivity contribution is 14.0. The maximum Gasteiger partial charge on any atom is 0.193 e. The summed E-state index contributed by atoms with van der Waals surface area (Å²) in [6.07, 6.45) is 7.48. The van der Waals surface area contributed by atoms with Gasteiger partial charge in [-0.1, -0.05) is 19.1 Å². The minimum absolute atomic E-state index is 0. The van der Waals surface area contributed by atoms with Crippen LogP contribution in [0.3, 0.4) is 0 Å². The third kappa shape index (κ3) is 5.82. The van der Waals surface area contributed by atoms with Crippen molar-refractivity contribution in [3.05, 3.63) is 12.2 Å². The van der Waals surface area contributed by atoms with Crippen molar-refractivity contribution in [2.24, 2.45) is 10.9 Å². The molecule has 3 rings (SSSR count). The molecule has 2 saturated heterocycles. The zero-order chi connectivity index (χ0) is 17.0. The topological polar surface area (TPSA) is 65.0 Å². The molecule has 0 amide bonds. The van der Waals surface area contributed by atoms with Crippen LogP contribution < -0.4 is 5.32 Å². The Kier molecular flexibility index (Phi) is 8.00. The van der Waals surface area contributed by atoms with E-state index in [2.05, 4.69) is 34.2 Å². The second kappa shape index (κ2) is 9.55. The summed E-state index contributed by atoms with van der Waals surface area (Å²) in [5.41, 5.74) is 0. The van der Waals surface area contributed by atoms with Crippen LogP contribution in [0, 0.1) is 5.92 Å². The summed E-state index contributed by atoms with van der Waals surface area (Å²) < 4.78 is 23.2. The first-order valence-corrected chi connectivity index (χ1v) is 11.0. The zero-order valence-corrected chi connectivity index (χ0v) is 18.2. The molecular formula is C17H31IN4O2S. The van der Waals surface area contributed by atoms with Crippen LogP contribution in [0.1, 0.15) is 26.2 Å². The van der Waals surface area contributed by atoms with E-state index in [1.165, 1.54) is 6.42 Å². The van der Waals surface area contributed by atoms with Gasteiger partial charge in [0.25, 0.3) is 0 Å². The molecule has 0 aromatic rings. The van der Waals surface area contributed by atoms with Crippen molar-refractivity contribution in [3.8, 4) is 0 Å². The summed E-state index contributed by atoms with van der Waals surface area (Å²) in [5.74, 6) is 1.79. The van der Waals surface area contributed by atoms with Gasteiger partial charge < -0.3 is 10.2 Å². The minimum atomic E-state index is -2.82. The molecule has 1 N–H and O–H groups in total. The molecule has 0 aliphatic carbocycles. The van der Waals surface area contributed by atoms with Crippen LogP contribution in [0.15, 0.2) is 17.1 Å². The van der Waals surface area contributed by atoms with Crippen LogP contribution in [-0.2, 0) is 9.84 Å². The maximum atomic E-state index is 11.6. The van der Waals surface area contributed by atoms with E-state index in [9.17, 15) is 8.42 Å². The average Bonchev–Trinajstić information content (AvgIpc) is 3.27. The molecule has 25 heavy (non-hydrogen) atoms. The molecule has 6 nitrogen and oxygen atoms in total. The third-order valence-corrected chi connectivity index (χ3v) is 7.02. The van der Waals surface area contributed by atoms with Crippen molar-refractivity contribution in [1.82, 2.24) is 15.1 Å². The van der Waals surface area contributed by atoms with Crippen molar-refractivity contribution in [3.63, 3.8) is 0 Å². The first-order valence-electron chi connectivity index (χ1n) is 9.20. The third-order valence-electron chi connectivity index (χ3n) is 5.18. The van der Waals surface area contributed by atoms with Crippen LogP contribution in [0.5, 0.6) is 0 Å². The monoisotopic (exact) mass is 482 g/mol. The highest BCUT2D eigenvalue weighted by atomic mass is 127. The second-order valence-electron chi connectivity index (χ2n) is 7.17. The van der Waals surface area contributed by atoms with E-state index in [0.29, 0.717) is 24.1 Å². The predicted octanol–water partition coefficient (Wildman–Crippen LogP) is 1.34. The lowest BCUT2D eigenvalue weighted by Crippen LogP contribution is -2.43. The fourth-order valence-electron chi connectivity index (χ4n) is 3.76. The number of hydrogen-bond donors (Lipinski definition) is 1. The Morgan fingerprint density at radius 3 is 2.68 bits per heavy atom. The van der Waals surface area contributed by atoms with Gasteiger partial charge in [0, 0.05) is 45.3 Å². The van der Waals surface area contributed by atoms with E-state index in [1.807, 2.05) is 0 Å². The minimum Gasteiger partial charge on any atom is -0.356 e. The van der Waals surface area contributed by atoms with Crippen LogP contribution in [0.25, 0.3) is 0 Å². The molecule has 2 fully saturated rings. The van der Waals surface area contributed by atoms with E-state index in [1.54, 1.807) is 0 Å². The van der Waals surface area contributed by atoms with Gasteiger partial charge in [0.1, 0.15) is 0 Å².